The van der Waals surface area contributed by atoms with Gasteiger partial charge in [0.05, 0.1) is 35.8 Å². The number of fused-ring (bicyclic) bond motifs is 1. The van der Waals surface area contributed by atoms with Gasteiger partial charge in [-0.05, 0) is 101 Å². The van der Waals surface area contributed by atoms with Crippen LogP contribution in [-0.4, -0.2) is 29.2 Å². The molecule has 0 N–H and O–H groups in total. The zero-order valence-corrected chi connectivity index (χ0v) is 26.8. The van der Waals surface area contributed by atoms with Crippen molar-refractivity contribution in [2.75, 3.05) is 19.1 Å². The van der Waals surface area contributed by atoms with Gasteiger partial charge in [-0.2, -0.15) is 0 Å². The van der Waals surface area contributed by atoms with Crippen LogP contribution in [0.15, 0.2) is 144 Å². The monoisotopic (exact) mass is 664 g/mol. The van der Waals surface area contributed by atoms with Crippen LogP contribution in [0.1, 0.15) is 0 Å². The van der Waals surface area contributed by atoms with Crippen LogP contribution in [0.2, 0.25) is 0 Å². The number of methoxy groups -OCH3 is 2. The van der Waals surface area contributed by atoms with Crippen LogP contribution in [0.25, 0.3) is 44.8 Å². The number of halogens is 1. The fraction of sp³-hybridized carbons (Fsp3) is 0.0513. The van der Waals surface area contributed by atoms with E-state index in [-0.39, 0.29) is 0 Å². The Bertz CT molecular complexity index is 2070. The van der Waals surface area contributed by atoms with E-state index in [4.69, 9.17) is 24.4 Å². The van der Waals surface area contributed by atoms with Crippen molar-refractivity contribution < 1.29 is 9.47 Å². The van der Waals surface area contributed by atoms with Crippen molar-refractivity contribution in [3.8, 4) is 45.3 Å². The van der Waals surface area contributed by atoms with Gasteiger partial charge in [0.25, 0.3) is 0 Å². The first-order valence-corrected chi connectivity index (χ1v) is 15.6. The number of ether oxygens (including phenoxy) is 2. The molecule has 2 heterocycles. The summed E-state index contributed by atoms with van der Waals surface area (Å²) in [6.07, 6.45) is 1.80. The normalized spacial score (nSPS) is 10.9. The minimum Gasteiger partial charge on any atom is -0.497 e. The van der Waals surface area contributed by atoms with Crippen LogP contribution < -0.4 is 14.4 Å². The number of rotatable bonds is 8. The van der Waals surface area contributed by atoms with Crippen molar-refractivity contribution in [1.82, 2.24) is 15.0 Å². The highest BCUT2D eigenvalue weighted by Crippen LogP contribution is 2.39. The Morgan fingerprint density at radius 1 is 0.478 bits per heavy atom. The van der Waals surface area contributed by atoms with E-state index >= 15 is 0 Å². The summed E-state index contributed by atoms with van der Waals surface area (Å²) in [6.45, 7) is 0. The van der Waals surface area contributed by atoms with E-state index in [0.29, 0.717) is 5.52 Å². The molecule has 0 aliphatic heterocycles. The van der Waals surface area contributed by atoms with Gasteiger partial charge in [-0.3, -0.25) is 4.98 Å². The minimum absolute atomic E-state index is 0.702. The number of hydrogen-bond acceptors (Lipinski definition) is 6. The molecule has 0 radical (unpaired) electrons. The molecule has 0 fully saturated rings. The van der Waals surface area contributed by atoms with Gasteiger partial charge in [0.1, 0.15) is 22.5 Å². The molecule has 0 saturated heterocycles. The molecule has 7 rings (SSSR count). The fourth-order valence-corrected chi connectivity index (χ4v) is 5.87. The third kappa shape index (κ3) is 5.69. The summed E-state index contributed by atoms with van der Waals surface area (Å²) in [7, 11) is 3.32. The second-order valence-electron chi connectivity index (χ2n) is 10.6. The van der Waals surface area contributed by atoms with Crippen molar-refractivity contribution in [3.05, 3.63) is 144 Å². The number of para-hydroxylation sites is 2. The van der Waals surface area contributed by atoms with Crippen molar-refractivity contribution in [2.24, 2.45) is 0 Å². The second kappa shape index (κ2) is 12.8. The molecule has 5 aromatic carbocycles. The third-order valence-electron chi connectivity index (χ3n) is 7.81. The molecule has 46 heavy (non-hydrogen) atoms. The first kappa shape index (κ1) is 29.2. The SMILES string of the molecule is COc1ccc(-c2nc3c(Br)cnc(-c4ccc(N(c5ccccc5)c5ccccc5)cc4)c3nc2-c2ccc(OC)cc2)cc1. The van der Waals surface area contributed by atoms with E-state index in [1.54, 1.807) is 20.4 Å². The zero-order valence-electron chi connectivity index (χ0n) is 25.3. The summed E-state index contributed by atoms with van der Waals surface area (Å²) in [4.78, 5) is 17.6. The fourth-order valence-electron chi connectivity index (χ4n) is 5.49. The average molecular weight is 666 g/mol. The first-order chi connectivity index (χ1) is 22.6. The molecule has 224 valence electrons. The minimum atomic E-state index is 0.702. The molecule has 0 aliphatic carbocycles. The van der Waals surface area contributed by atoms with E-state index in [1.807, 2.05) is 60.7 Å². The highest BCUT2D eigenvalue weighted by molar-refractivity contribution is 9.10. The molecule has 2 aromatic heterocycles. The van der Waals surface area contributed by atoms with E-state index in [0.717, 1.165) is 72.3 Å². The number of anilines is 3. The zero-order chi connectivity index (χ0) is 31.5. The molecular formula is C39H29BrN4O2. The predicted molar refractivity (Wildman–Crippen MR) is 189 cm³/mol. The van der Waals surface area contributed by atoms with Gasteiger partial charge < -0.3 is 14.4 Å². The number of nitrogens with zero attached hydrogens (tertiary/aromatic N) is 4. The summed E-state index contributed by atoms with van der Waals surface area (Å²) in [6, 6.07) is 44.9. The molecule has 7 heteroatoms. The smallest absolute Gasteiger partial charge is 0.118 e. The molecule has 0 aliphatic rings. The summed E-state index contributed by atoms with van der Waals surface area (Å²) in [5, 5.41) is 0. The van der Waals surface area contributed by atoms with Crippen molar-refractivity contribution in [2.45, 2.75) is 0 Å². The molecule has 6 nitrogen and oxygen atoms in total. The Morgan fingerprint density at radius 3 is 1.37 bits per heavy atom. The molecule has 0 atom stereocenters. The van der Waals surface area contributed by atoms with Crippen LogP contribution in [0.4, 0.5) is 17.1 Å². The van der Waals surface area contributed by atoms with Gasteiger partial charge in [-0.25, -0.2) is 9.97 Å². The highest BCUT2D eigenvalue weighted by atomic mass is 79.9. The first-order valence-electron chi connectivity index (χ1n) is 14.8. The van der Waals surface area contributed by atoms with Crippen LogP contribution in [0.3, 0.4) is 0 Å². The highest BCUT2D eigenvalue weighted by Gasteiger charge is 2.19. The number of hydrogen-bond donors (Lipinski definition) is 0. The van der Waals surface area contributed by atoms with Gasteiger partial charge in [-0.1, -0.05) is 48.5 Å². The Hall–Kier alpha value is -5.53. The molecule has 0 saturated carbocycles. The van der Waals surface area contributed by atoms with Crippen molar-refractivity contribution in [1.29, 1.82) is 0 Å². The van der Waals surface area contributed by atoms with Gasteiger partial charge >= 0.3 is 0 Å². The third-order valence-corrected chi connectivity index (χ3v) is 8.39. The summed E-state index contributed by atoms with van der Waals surface area (Å²) >= 11 is 3.71. The molecular weight excluding hydrogens is 636 g/mol. The van der Waals surface area contributed by atoms with Crippen molar-refractivity contribution in [3.63, 3.8) is 0 Å². The Kier molecular flexibility index (Phi) is 8.14. The lowest BCUT2D eigenvalue weighted by molar-refractivity contribution is 0.414. The van der Waals surface area contributed by atoms with Crippen LogP contribution in [0, 0.1) is 0 Å². The quantitative estimate of drug-likeness (QED) is 0.161. The standard InChI is InChI=1S/C39H29BrN4O2/c1-45-32-21-15-27(16-22-32)36-37(28-17-23-33(46-2)24-18-28)43-39-35(41-25-34(40)38(39)42-36)26-13-19-31(20-14-26)44(29-9-5-3-6-10-29)30-11-7-4-8-12-30/h3-25H,1-2H3. The number of aromatic nitrogens is 3. The topological polar surface area (TPSA) is 60.4 Å². The maximum absolute atomic E-state index is 5.42. The lowest BCUT2D eigenvalue weighted by Gasteiger charge is -2.25. The maximum atomic E-state index is 5.42. The summed E-state index contributed by atoms with van der Waals surface area (Å²) < 4.78 is 11.6. The number of pyridine rings is 1. The predicted octanol–water partition coefficient (Wildman–Crippen LogP) is 10.3. The molecule has 0 amide bonds. The van der Waals surface area contributed by atoms with Gasteiger partial charge in [0, 0.05) is 39.9 Å². The Morgan fingerprint density at radius 2 is 0.891 bits per heavy atom. The van der Waals surface area contributed by atoms with Crippen LogP contribution >= 0.6 is 15.9 Å². The Balaban J connectivity index is 1.37. The van der Waals surface area contributed by atoms with E-state index < -0.39 is 0 Å². The Labute approximate surface area is 276 Å². The van der Waals surface area contributed by atoms with Crippen LogP contribution in [-0.2, 0) is 0 Å². The molecule has 0 spiro atoms. The largest absolute Gasteiger partial charge is 0.497 e. The van der Waals surface area contributed by atoms with E-state index in [1.165, 1.54) is 0 Å². The lowest BCUT2D eigenvalue weighted by Crippen LogP contribution is -2.09. The van der Waals surface area contributed by atoms with Gasteiger partial charge in [-0.15, -0.1) is 0 Å². The van der Waals surface area contributed by atoms with Crippen LogP contribution in [0.5, 0.6) is 11.5 Å². The maximum Gasteiger partial charge on any atom is 0.118 e. The van der Waals surface area contributed by atoms with Gasteiger partial charge in [0.15, 0.2) is 0 Å². The van der Waals surface area contributed by atoms with Crippen molar-refractivity contribution >= 4 is 44.0 Å². The summed E-state index contributed by atoms with van der Waals surface area (Å²) in [5.74, 6) is 1.55. The average Bonchev–Trinajstić information content (AvgIpc) is 3.13. The number of benzene rings is 5. The van der Waals surface area contributed by atoms with E-state index in [2.05, 4.69) is 93.6 Å². The lowest BCUT2D eigenvalue weighted by atomic mass is 10.0. The molecule has 7 aromatic rings. The molecule has 0 bridgehead atoms. The molecule has 0 unspecified atom stereocenters. The second-order valence-corrected chi connectivity index (χ2v) is 11.4. The summed E-state index contributed by atoms with van der Waals surface area (Å²) in [5.41, 5.74) is 9.67. The van der Waals surface area contributed by atoms with E-state index in [9.17, 15) is 0 Å². The van der Waals surface area contributed by atoms with Gasteiger partial charge in [0.2, 0.25) is 0 Å².